The van der Waals surface area contributed by atoms with Crippen LogP contribution < -0.4 is 0 Å². The minimum absolute atomic E-state index is 0.0584. The maximum atomic E-state index is 12.0. The van der Waals surface area contributed by atoms with Crippen molar-refractivity contribution < 1.29 is 13.7 Å². The third kappa shape index (κ3) is 2.62. The summed E-state index contributed by atoms with van der Waals surface area (Å²) in [6.07, 6.45) is 4.42. The quantitative estimate of drug-likeness (QED) is 0.498. The Morgan fingerprint density at radius 1 is 1.22 bits per heavy atom. The Bertz CT molecular complexity index is 438. The molecule has 0 aromatic carbocycles. The Morgan fingerprint density at radius 2 is 1.78 bits per heavy atom. The number of hydrogen-bond acceptors (Lipinski definition) is 3. The van der Waals surface area contributed by atoms with Crippen molar-refractivity contribution in [3.63, 3.8) is 0 Å². The molecule has 1 heterocycles. The van der Waals surface area contributed by atoms with Crippen LogP contribution in [0.15, 0.2) is 9.39 Å². The molecule has 1 aliphatic carbocycles. The molecule has 102 valence electrons. The molecular formula is C10H10BrCl3O3S. The van der Waals surface area contributed by atoms with Gasteiger partial charge in [0.2, 0.25) is 0 Å². The molecule has 0 amide bonds. The van der Waals surface area contributed by atoms with Crippen LogP contribution in [0.5, 0.6) is 0 Å². The molecule has 2 aliphatic rings. The zero-order chi connectivity index (χ0) is 13.6. The summed E-state index contributed by atoms with van der Waals surface area (Å²) in [5, 5.41) is 0. The average Bonchev–Trinajstić information content (AvgIpc) is 2.50. The first-order valence-electron chi connectivity index (χ1n) is 5.40. The maximum absolute atomic E-state index is 12.0. The van der Waals surface area contributed by atoms with E-state index in [0.717, 1.165) is 19.3 Å². The van der Waals surface area contributed by atoms with Gasteiger partial charge in [0.05, 0.1) is 4.48 Å². The van der Waals surface area contributed by atoms with Crippen LogP contribution in [0.25, 0.3) is 0 Å². The van der Waals surface area contributed by atoms with Crippen molar-refractivity contribution in [1.29, 1.82) is 0 Å². The van der Waals surface area contributed by atoms with Crippen LogP contribution in [0.2, 0.25) is 0 Å². The molecule has 2 rings (SSSR count). The molecule has 3 nitrogen and oxygen atoms in total. The highest BCUT2D eigenvalue weighted by Gasteiger charge is 2.51. The van der Waals surface area contributed by atoms with E-state index in [-0.39, 0.29) is 4.91 Å². The van der Waals surface area contributed by atoms with Crippen molar-refractivity contribution in [2.24, 2.45) is 0 Å². The minimum Gasteiger partial charge on any atom is -0.450 e. The van der Waals surface area contributed by atoms with Crippen LogP contribution in [0.4, 0.5) is 0 Å². The van der Waals surface area contributed by atoms with E-state index in [1.807, 2.05) is 0 Å². The lowest BCUT2D eigenvalue weighted by atomic mass is 9.85. The van der Waals surface area contributed by atoms with E-state index in [1.54, 1.807) is 0 Å². The van der Waals surface area contributed by atoms with Gasteiger partial charge >= 0.3 is 5.97 Å². The number of esters is 1. The van der Waals surface area contributed by atoms with Crippen molar-refractivity contribution in [2.75, 3.05) is 0 Å². The third-order valence-electron chi connectivity index (χ3n) is 3.13. The summed E-state index contributed by atoms with van der Waals surface area (Å²) in [5.41, 5.74) is -0.698. The average molecular weight is 397 g/mol. The normalized spacial score (nSPS) is 25.4. The van der Waals surface area contributed by atoms with Crippen molar-refractivity contribution in [2.45, 2.75) is 40.8 Å². The van der Waals surface area contributed by atoms with Gasteiger partial charge in [-0.3, -0.25) is 0 Å². The van der Waals surface area contributed by atoms with Gasteiger partial charge in [0.25, 0.3) is 3.12 Å². The van der Waals surface area contributed by atoms with Gasteiger partial charge in [0, 0.05) is 0 Å². The number of hydrogen-bond donors (Lipinski definition) is 0. The number of alkyl halides is 3. The number of carbonyl (C=O) groups excluding carboxylic acids is 1. The first-order chi connectivity index (χ1) is 8.28. The third-order valence-corrected chi connectivity index (χ3v) is 6.93. The molecule has 8 heteroatoms. The second-order valence-corrected chi connectivity index (χ2v) is 9.61. The Hall–Kier alpha value is 0.710. The SMILES string of the molecule is O=C1OC2(CCCCC2)C(Br)=C1S(=O)C(Cl)(Cl)Cl. The zero-order valence-electron chi connectivity index (χ0n) is 9.18. The smallest absolute Gasteiger partial charge is 0.349 e. The largest absolute Gasteiger partial charge is 0.450 e. The van der Waals surface area contributed by atoms with E-state index in [1.165, 1.54) is 0 Å². The van der Waals surface area contributed by atoms with E-state index < -0.39 is 25.5 Å². The fourth-order valence-electron chi connectivity index (χ4n) is 2.28. The summed E-state index contributed by atoms with van der Waals surface area (Å²) < 4.78 is 15.9. The topological polar surface area (TPSA) is 43.4 Å². The molecule has 1 unspecified atom stereocenters. The summed E-state index contributed by atoms with van der Waals surface area (Å²) in [5.74, 6) is -0.659. The number of ether oxygens (including phenoxy) is 1. The van der Waals surface area contributed by atoms with Gasteiger partial charge < -0.3 is 4.74 Å². The van der Waals surface area contributed by atoms with Gasteiger partial charge in [-0.25, -0.2) is 9.00 Å². The molecule has 0 aromatic rings. The van der Waals surface area contributed by atoms with E-state index in [9.17, 15) is 9.00 Å². The highest BCUT2D eigenvalue weighted by atomic mass is 79.9. The maximum Gasteiger partial charge on any atom is 0.349 e. The van der Waals surface area contributed by atoms with Gasteiger partial charge in [0.1, 0.15) is 21.3 Å². The molecule has 1 aliphatic heterocycles. The van der Waals surface area contributed by atoms with Gasteiger partial charge in [-0.2, -0.15) is 0 Å². The lowest BCUT2D eigenvalue weighted by molar-refractivity contribution is -0.148. The monoisotopic (exact) mass is 394 g/mol. The highest BCUT2D eigenvalue weighted by Crippen LogP contribution is 2.49. The molecule has 1 atom stereocenters. The van der Waals surface area contributed by atoms with Gasteiger partial charge in [-0.05, 0) is 41.6 Å². The van der Waals surface area contributed by atoms with Gasteiger partial charge in [-0.15, -0.1) is 0 Å². The van der Waals surface area contributed by atoms with Crippen molar-refractivity contribution in [3.8, 4) is 0 Å². The Balaban J connectivity index is 2.39. The molecule has 1 saturated carbocycles. The van der Waals surface area contributed by atoms with Crippen LogP contribution in [-0.2, 0) is 20.3 Å². The highest BCUT2D eigenvalue weighted by molar-refractivity contribution is 9.12. The molecule has 0 aromatic heterocycles. The molecule has 0 N–H and O–H groups in total. The van der Waals surface area contributed by atoms with Crippen LogP contribution in [0, 0.1) is 0 Å². The van der Waals surface area contributed by atoms with Crippen LogP contribution >= 0.6 is 50.7 Å². The van der Waals surface area contributed by atoms with E-state index in [0.29, 0.717) is 17.3 Å². The second kappa shape index (κ2) is 5.24. The number of halogens is 4. The van der Waals surface area contributed by atoms with Crippen molar-refractivity contribution in [3.05, 3.63) is 9.39 Å². The summed E-state index contributed by atoms with van der Waals surface area (Å²) in [6.45, 7) is 0. The number of carbonyl (C=O) groups is 1. The molecule has 1 fully saturated rings. The predicted octanol–water partition coefficient (Wildman–Crippen LogP) is 3.93. The molecule has 0 radical (unpaired) electrons. The Morgan fingerprint density at radius 3 is 2.28 bits per heavy atom. The van der Waals surface area contributed by atoms with Crippen molar-refractivity contribution >= 4 is 67.5 Å². The van der Waals surface area contributed by atoms with E-state index in [2.05, 4.69) is 15.9 Å². The molecule has 0 saturated heterocycles. The van der Waals surface area contributed by atoms with Crippen LogP contribution in [0.1, 0.15) is 32.1 Å². The minimum atomic E-state index is -2.05. The Kier molecular flexibility index (Phi) is 4.40. The lowest BCUT2D eigenvalue weighted by Crippen LogP contribution is -2.32. The molecular weight excluding hydrogens is 386 g/mol. The van der Waals surface area contributed by atoms with E-state index >= 15 is 0 Å². The summed E-state index contributed by atoms with van der Waals surface area (Å²) in [4.78, 5) is 11.8. The van der Waals surface area contributed by atoms with Crippen LogP contribution in [-0.4, -0.2) is 18.9 Å². The first kappa shape index (κ1) is 15.1. The predicted molar refractivity (Wildman–Crippen MR) is 76.3 cm³/mol. The molecule has 18 heavy (non-hydrogen) atoms. The molecule has 0 bridgehead atoms. The summed E-state index contributed by atoms with van der Waals surface area (Å²) in [7, 11) is -2.05. The van der Waals surface area contributed by atoms with Gasteiger partial charge in [0.15, 0.2) is 0 Å². The fraction of sp³-hybridized carbons (Fsp3) is 0.700. The van der Waals surface area contributed by atoms with Crippen molar-refractivity contribution in [1.82, 2.24) is 0 Å². The van der Waals surface area contributed by atoms with Gasteiger partial charge in [-0.1, -0.05) is 41.2 Å². The standard InChI is InChI=1S/C10H10BrCl3O3S/c11-7-6(18(16)10(12,13)14)8(15)17-9(7)4-2-1-3-5-9/h1-5H2. The lowest BCUT2D eigenvalue weighted by Gasteiger charge is -2.32. The molecule has 1 spiro atoms. The van der Waals surface area contributed by atoms with E-state index in [4.69, 9.17) is 39.5 Å². The Labute approximate surface area is 131 Å². The first-order valence-corrected chi connectivity index (χ1v) is 8.48. The summed E-state index contributed by atoms with van der Waals surface area (Å²) in [6, 6.07) is 0. The second-order valence-electron chi connectivity index (χ2n) is 4.30. The zero-order valence-corrected chi connectivity index (χ0v) is 13.9. The van der Waals surface area contributed by atoms with Crippen LogP contribution in [0.3, 0.4) is 0 Å². The fourth-order valence-corrected chi connectivity index (χ4v) is 4.83. The number of rotatable bonds is 1. The summed E-state index contributed by atoms with van der Waals surface area (Å²) >= 11 is 20.1.